The van der Waals surface area contributed by atoms with Crippen molar-refractivity contribution in [3.05, 3.63) is 59.2 Å². The van der Waals surface area contributed by atoms with Crippen molar-refractivity contribution in [1.82, 2.24) is 10.2 Å². The van der Waals surface area contributed by atoms with E-state index >= 15 is 0 Å². The predicted molar refractivity (Wildman–Crippen MR) is 121 cm³/mol. The van der Waals surface area contributed by atoms with Gasteiger partial charge in [-0.15, -0.1) is 11.8 Å². The van der Waals surface area contributed by atoms with Gasteiger partial charge in [-0.25, -0.2) is 0 Å². The molecule has 0 spiro atoms. The molecule has 0 unspecified atom stereocenters. The normalized spacial score (nSPS) is 21.2. The van der Waals surface area contributed by atoms with Crippen LogP contribution >= 0.6 is 11.8 Å². The van der Waals surface area contributed by atoms with Crippen molar-refractivity contribution < 1.29 is 22.7 Å². The molecule has 1 saturated heterocycles. The number of benzene rings is 2. The summed E-state index contributed by atoms with van der Waals surface area (Å²) in [6.07, 6.45) is -2.19. The fourth-order valence-corrected chi connectivity index (χ4v) is 5.50. The molecule has 1 N–H and O–H groups in total. The molecule has 8 heteroatoms. The summed E-state index contributed by atoms with van der Waals surface area (Å²) in [7, 11) is 3.29. The molecule has 0 bridgehead atoms. The molecule has 3 rings (SSSR count). The minimum atomic E-state index is -4.53. The molecule has 1 heterocycles. The number of piperidine rings is 1. The SMILES string of the molecule is COc1cc(C(F)(F)F)cc(SC)c1C(=O)N[C@]1(c2ccccc2)CN(C)CC(C)(C)C1. The second kappa shape index (κ2) is 8.98. The van der Waals surface area contributed by atoms with E-state index in [9.17, 15) is 18.0 Å². The third-order valence-corrected chi connectivity index (χ3v) is 6.52. The molecule has 0 aliphatic carbocycles. The van der Waals surface area contributed by atoms with Crippen LogP contribution in [-0.2, 0) is 11.7 Å². The monoisotopic (exact) mass is 466 g/mol. The number of rotatable bonds is 5. The van der Waals surface area contributed by atoms with E-state index in [0.717, 1.165) is 36.0 Å². The number of halogens is 3. The molecule has 174 valence electrons. The number of alkyl halides is 3. The smallest absolute Gasteiger partial charge is 0.416 e. The molecular weight excluding hydrogens is 437 g/mol. The number of nitrogens with one attached hydrogen (secondary N) is 1. The van der Waals surface area contributed by atoms with Gasteiger partial charge >= 0.3 is 6.18 Å². The Morgan fingerprint density at radius 3 is 2.34 bits per heavy atom. The lowest BCUT2D eigenvalue weighted by Gasteiger charge is -2.49. The molecule has 1 amide bonds. The van der Waals surface area contributed by atoms with E-state index in [2.05, 4.69) is 24.1 Å². The van der Waals surface area contributed by atoms with E-state index in [1.165, 1.54) is 7.11 Å². The van der Waals surface area contributed by atoms with Crippen LogP contribution in [-0.4, -0.2) is 44.3 Å². The van der Waals surface area contributed by atoms with Gasteiger partial charge in [0, 0.05) is 18.0 Å². The van der Waals surface area contributed by atoms with Crippen molar-refractivity contribution in [2.45, 2.75) is 36.9 Å². The Kier molecular flexibility index (Phi) is 6.86. The summed E-state index contributed by atoms with van der Waals surface area (Å²) in [5.74, 6) is -0.539. The van der Waals surface area contributed by atoms with Crippen molar-refractivity contribution in [1.29, 1.82) is 0 Å². The van der Waals surface area contributed by atoms with Crippen LogP contribution in [0.5, 0.6) is 5.75 Å². The third-order valence-electron chi connectivity index (χ3n) is 5.76. The minimum Gasteiger partial charge on any atom is -0.496 e. The highest BCUT2D eigenvalue weighted by Gasteiger charge is 2.45. The fourth-order valence-electron chi connectivity index (χ4n) is 4.86. The molecule has 1 atom stereocenters. The van der Waals surface area contributed by atoms with Crippen LogP contribution in [0.3, 0.4) is 0 Å². The molecule has 2 aromatic carbocycles. The second-order valence-electron chi connectivity index (χ2n) is 9.17. The Morgan fingerprint density at radius 1 is 1.16 bits per heavy atom. The van der Waals surface area contributed by atoms with Crippen LogP contribution in [0.25, 0.3) is 0 Å². The zero-order valence-corrected chi connectivity index (χ0v) is 19.8. The molecule has 1 fully saturated rings. The first-order chi connectivity index (χ1) is 14.9. The van der Waals surface area contributed by atoms with Crippen LogP contribution in [0.2, 0.25) is 0 Å². The van der Waals surface area contributed by atoms with Gasteiger partial charge in [0.1, 0.15) is 5.75 Å². The zero-order valence-electron chi connectivity index (χ0n) is 19.0. The van der Waals surface area contributed by atoms with Crippen LogP contribution in [0.4, 0.5) is 13.2 Å². The highest BCUT2D eigenvalue weighted by molar-refractivity contribution is 7.98. The van der Waals surface area contributed by atoms with Gasteiger partial charge in [-0.05, 0) is 42.8 Å². The van der Waals surface area contributed by atoms with Crippen LogP contribution in [0.15, 0.2) is 47.4 Å². The number of thioether (sulfide) groups is 1. The average Bonchev–Trinajstić information content (AvgIpc) is 2.71. The summed E-state index contributed by atoms with van der Waals surface area (Å²) in [5.41, 5.74) is -0.536. The number of amides is 1. The molecule has 0 saturated carbocycles. The maximum absolute atomic E-state index is 13.6. The quantitative estimate of drug-likeness (QED) is 0.598. The van der Waals surface area contributed by atoms with Gasteiger partial charge in [-0.3, -0.25) is 4.79 Å². The molecule has 0 aromatic heterocycles. The molecule has 2 aromatic rings. The summed E-state index contributed by atoms with van der Waals surface area (Å²) < 4.78 is 45.3. The van der Waals surface area contributed by atoms with E-state index in [0.29, 0.717) is 13.0 Å². The fraction of sp³-hybridized carbons (Fsp3) is 0.458. The maximum atomic E-state index is 13.6. The van der Waals surface area contributed by atoms with Gasteiger partial charge in [0.05, 0.1) is 23.8 Å². The first kappa shape index (κ1) is 24.5. The molecule has 32 heavy (non-hydrogen) atoms. The van der Waals surface area contributed by atoms with E-state index in [-0.39, 0.29) is 21.6 Å². The van der Waals surface area contributed by atoms with E-state index in [1.807, 2.05) is 37.4 Å². The van der Waals surface area contributed by atoms with Crippen molar-refractivity contribution >= 4 is 17.7 Å². The predicted octanol–water partition coefficient (Wildman–Crippen LogP) is 5.42. The van der Waals surface area contributed by atoms with Gasteiger partial charge in [-0.1, -0.05) is 44.2 Å². The number of methoxy groups -OCH3 is 1. The van der Waals surface area contributed by atoms with Crippen LogP contribution in [0, 0.1) is 5.41 Å². The van der Waals surface area contributed by atoms with E-state index < -0.39 is 23.2 Å². The standard InChI is InChI=1S/C24H29F3N2O2S/c1-22(2)13-23(15-29(3)14-22,16-9-7-6-8-10-16)28-21(30)20-18(31-4)11-17(24(25,26)27)12-19(20)32-5/h6-12H,13-15H2,1-5H3,(H,28,30)/t23-/m0/s1. The number of nitrogens with zero attached hydrogens (tertiary/aromatic N) is 1. The number of hydrogen-bond acceptors (Lipinski definition) is 4. The Bertz CT molecular complexity index is 954. The third kappa shape index (κ3) is 5.07. The summed E-state index contributed by atoms with van der Waals surface area (Å²) in [6.45, 7) is 5.76. The lowest BCUT2D eigenvalue weighted by molar-refractivity contribution is -0.137. The Labute approximate surface area is 191 Å². The molecule has 1 aliphatic rings. The highest BCUT2D eigenvalue weighted by Crippen LogP contribution is 2.42. The van der Waals surface area contributed by atoms with Gasteiger partial charge in [-0.2, -0.15) is 13.2 Å². The van der Waals surface area contributed by atoms with E-state index in [4.69, 9.17) is 4.74 Å². The number of likely N-dealkylation sites (tertiary alicyclic amines) is 1. The second-order valence-corrected chi connectivity index (χ2v) is 10.0. The molecule has 4 nitrogen and oxygen atoms in total. The number of hydrogen-bond donors (Lipinski definition) is 1. The lowest BCUT2D eigenvalue weighted by Crippen LogP contribution is -2.60. The van der Waals surface area contributed by atoms with Crippen LogP contribution in [0.1, 0.15) is 41.8 Å². The Hall–Kier alpha value is -2.19. The minimum absolute atomic E-state index is 0.0807. The molecule has 1 aliphatic heterocycles. The van der Waals surface area contributed by atoms with Gasteiger partial charge < -0.3 is 15.0 Å². The van der Waals surface area contributed by atoms with Crippen molar-refractivity contribution in [2.75, 3.05) is 33.5 Å². The summed E-state index contributed by atoms with van der Waals surface area (Å²) in [6, 6.07) is 11.6. The largest absolute Gasteiger partial charge is 0.496 e. The number of carbonyl (C=O) groups excluding carboxylic acids is 1. The Balaban J connectivity index is 2.10. The highest BCUT2D eigenvalue weighted by atomic mass is 32.2. The van der Waals surface area contributed by atoms with Crippen molar-refractivity contribution in [2.24, 2.45) is 5.41 Å². The van der Waals surface area contributed by atoms with Gasteiger partial charge in [0.25, 0.3) is 5.91 Å². The first-order valence-electron chi connectivity index (χ1n) is 10.3. The number of ether oxygens (including phenoxy) is 1. The maximum Gasteiger partial charge on any atom is 0.416 e. The molecule has 0 radical (unpaired) electrons. The van der Waals surface area contributed by atoms with Gasteiger partial charge in [0.15, 0.2) is 0 Å². The van der Waals surface area contributed by atoms with Gasteiger partial charge in [0.2, 0.25) is 0 Å². The van der Waals surface area contributed by atoms with Crippen molar-refractivity contribution in [3.8, 4) is 5.75 Å². The summed E-state index contributed by atoms with van der Waals surface area (Å²) >= 11 is 1.09. The van der Waals surface area contributed by atoms with Crippen molar-refractivity contribution in [3.63, 3.8) is 0 Å². The lowest BCUT2D eigenvalue weighted by atomic mass is 9.71. The average molecular weight is 467 g/mol. The number of likely N-dealkylation sites (N-methyl/N-ethyl adjacent to an activating group) is 1. The zero-order chi connectivity index (χ0) is 23.7. The van der Waals surface area contributed by atoms with Crippen LogP contribution < -0.4 is 10.1 Å². The first-order valence-corrected chi connectivity index (χ1v) is 11.5. The number of carbonyl (C=O) groups is 1. The Morgan fingerprint density at radius 2 is 1.81 bits per heavy atom. The topological polar surface area (TPSA) is 41.6 Å². The summed E-state index contributed by atoms with van der Waals surface area (Å²) in [4.78, 5) is 16.0. The summed E-state index contributed by atoms with van der Waals surface area (Å²) in [5, 5.41) is 3.20. The van der Waals surface area contributed by atoms with E-state index in [1.54, 1.807) is 6.26 Å². The molecular formula is C24H29F3N2O2S.